The Morgan fingerprint density at radius 2 is 2.16 bits per heavy atom. The highest BCUT2D eigenvalue weighted by atomic mass is 16.1. The molecule has 1 amide bonds. The summed E-state index contributed by atoms with van der Waals surface area (Å²) in [5, 5.41) is 16.5. The standard InChI is InChI=1S/C23H25N7O/c1-14(18-6-4-5-17(9-18)11-24)26-23-20-10-22(25-12-21(20)27-15(2)28-23)30-8-7-19(13-30)29-16(3)31/h4-6,9-10,12,14,19H,7-8,13H2,1-3H3,(H,29,31)(H,26,27,28)/t14?,19-/m1/s1. The van der Waals surface area contributed by atoms with E-state index in [1.54, 1.807) is 19.2 Å². The molecular weight excluding hydrogens is 390 g/mol. The largest absolute Gasteiger partial charge is 0.363 e. The highest BCUT2D eigenvalue weighted by Gasteiger charge is 2.24. The van der Waals surface area contributed by atoms with Gasteiger partial charge >= 0.3 is 0 Å². The smallest absolute Gasteiger partial charge is 0.217 e. The maximum atomic E-state index is 11.4. The molecule has 8 nitrogen and oxygen atoms in total. The van der Waals surface area contributed by atoms with Gasteiger partial charge in [-0.2, -0.15) is 5.26 Å². The van der Waals surface area contributed by atoms with Crippen molar-refractivity contribution in [2.45, 2.75) is 39.3 Å². The maximum Gasteiger partial charge on any atom is 0.217 e. The molecule has 1 saturated heterocycles. The van der Waals surface area contributed by atoms with Crippen molar-refractivity contribution in [2.24, 2.45) is 0 Å². The van der Waals surface area contributed by atoms with Crippen molar-refractivity contribution in [3.8, 4) is 6.07 Å². The number of benzene rings is 1. The Labute approximate surface area is 181 Å². The fourth-order valence-electron chi connectivity index (χ4n) is 3.96. The second-order valence-corrected chi connectivity index (χ2v) is 7.91. The third-order valence-corrected chi connectivity index (χ3v) is 5.47. The third-order valence-electron chi connectivity index (χ3n) is 5.47. The molecule has 31 heavy (non-hydrogen) atoms. The minimum atomic E-state index is -0.0432. The topological polar surface area (TPSA) is 107 Å². The molecule has 4 rings (SSSR count). The average Bonchev–Trinajstić information content (AvgIpc) is 3.21. The fraction of sp³-hybridized carbons (Fsp3) is 0.348. The summed E-state index contributed by atoms with van der Waals surface area (Å²) in [5.41, 5.74) is 2.41. The van der Waals surface area contributed by atoms with E-state index >= 15 is 0 Å². The number of nitriles is 1. The first-order chi connectivity index (χ1) is 14.9. The van der Waals surface area contributed by atoms with E-state index in [1.807, 2.05) is 38.1 Å². The highest BCUT2D eigenvalue weighted by molar-refractivity contribution is 5.90. The van der Waals surface area contributed by atoms with Gasteiger partial charge in [0.05, 0.1) is 29.4 Å². The van der Waals surface area contributed by atoms with Crippen LogP contribution < -0.4 is 15.5 Å². The number of amides is 1. The summed E-state index contributed by atoms with van der Waals surface area (Å²) in [6.45, 7) is 7.00. The lowest BCUT2D eigenvalue weighted by Gasteiger charge is -2.20. The SMILES string of the molecule is CC(=O)N[C@@H]1CCN(c2cc3c(NC(C)c4cccc(C#N)c4)nc(C)nc3cn2)C1. The van der Waals surface area contributed by atoms with E-state index in [0.29, 0.717) is 11.4 Å². The molecule has 1 aliphatic rings. The van der Waals surface area contributed by atoms with Gasteiger partial charge in [-0.3, -0.25) is 4.79 Å². The maximum absolute atomic E-state index is 11.4. The molecule has 158 valence electrons. The van der Waals surface area contributed by atoms with Gasteiger partial charge in [0.2, 0.25) is 5.91 Å². The minimum Gasteiger partial charge on any atom is -0.363 e. The minimum absolute atomic E-state index is 0.0110. The number of aryl methyl sites for hydroxylation is 1. The molecule has 0 radical (unpaired) electrons. The van der Waals surface area contributed by atoms with Crippen molar-refractivity contribution in [1.82, 2.24) is 20.3 Å². The Hall–Kier alpha value is -3.73. The first-order valence-electron chi connectivity index (χ1n) is 10.4. The summed E-state index contributed by atoms with van der Waals surface area (Å²) in [4.78, 5) is 27.3. The molecule has 1 aliphatic heterocycles. The summed E-state index contributed by atoms with van der Waals surface area (Å²) in [6, 6.07) is 11.8. The van der Waals surface area contributed by atoms with Crippen molar-refractivity contribution >= 4 is 28.4 Å². The summed E-state index contributed by atoms with van der Waals surface area (Å²) in [5.74, 6) is 2.23. The van der Waals surface area contributed by atoms with Gasteiger partial charge in [0.1, 0.15) is 17.5 Å². The molecule has 3 heterocycles. The van der Waals surface area contributed by atoms with E-state index in [9.17, 15) is 10.1 Å². The van der Waals surface area contributed by atoms with Crippen molar-refractivity contribution in [1.29, 1.82) is 5.26 Å². The average molecular weight is 416 g/mol. The number of carbonyl (C=O) groups excluding carboxylic acids is 1. The van der Waals surface area contributed by atoms with Crippen molar-refractivity contribution < 1.29 is 4.79 Å². The van der Waals surface area contributed by atoms with Gasteiger partial charge in [-0.1, -0.05) is 12.1 Å². The Morgan fingerprint density at radius 3 is 2.94 bits per heavy atom. The molecule has 0 saturated carbocycles. The Morgan fingerprint density at radius 1 is 1.32 bits per heavy atom. The highest BCUT2D eigenvalue weighted by Crippen LogP contribution is 2.28. The Bertz CT molecular complexity index is 1170. The van der Waals surface area contributed by atoms with Gasteiger partial charge in [0.25, 0.3) is 0 Å². The Kier molecular flexibility index (Phi) is 5.67. The van der Waals surface area contributed by atoms with Crippen molar-refractivity contribution in [3.05, 3.63) is 53.5 Å². The normalized spacial score (nSPS) is 16.7. The van der Waals surface area contributed by atoms with Crippen LogP contribution >= 0.6 is 0 Å². The first-order valence-corrected chi connectivity index (χ1v) is 10.4. The molecule has 8 heteroatoms. The van der Waals surface area contributed by atoms with E-state index in [1.165, 1.54) is 0 Å². The number of pyridine rings is 1. The van der Waals surface area contributed by atoms with Crippen LogP contribution in [0.25, 0.3) is 10.9 Å². The van der Waals surface area contributed by atoms with E-state index in [2.05, 4.69) is 36.6 Å². The number of hydrogen-bond acceptors (Lipinski definition) is 7. The van der Waals surface area contributed by atoms with Gasteiger partial charge in [-0.25, -0.2) is 15.0 Å². The van der Waals surface area contributed by atoms with Crippen LogP contribution in [0.15, 0.2) is 36.5 Å². The van der Waals surface area contributed by atoms with Crippen LogP contribution in [-0.2, 0) is 4.79 Å². The molecule has 3 aromatic rings. The van der Waals surface area contributed by atoms with E-state index in [0.717, 1.165) is 47.6 Å². The van der Waals surface area contributed by atoms with Gasteiger partial charge in [-0.15, -0.1) is 0 Å². The number of fused-ring (bicyclic) bond motifs is 1. The Balaban J connectivity index is 1.63. The molecule has 1 fully saturated rings. The number of rotatable bonds is 5. The van der Waals surface area contributed by atoms with Gasteiger partial charge < -0.3 is 15.5 Å². The van der Waals surface area contributed by atoms with Gasteiger partial charge in [0.15, 0.2) is 0 Å². The lowest BCUT2D eigenvalue weighted by Crippen LogP contribution is -2.35. The number of hydrogen-bond donors (Lipinski definition) is 2. The van der Waals surface area contributed by atoms with Crippen LogP contribution in [0.4, 0.5) is 11.6 Å². The van der Waals surface area contributed by atoms with E-state index in [4.69, 9.17) is 0 Å². The predicted octanol–water partition coefficient (Wildman–Crippen LogP) is 3.09. The van der Waals surface area contributed by atoms with Crippen molar-refractivity contribution in [2.75, 3.05) is 23.3 Å². The van der Waals surface area contributed by atoms with Gasteiger partial charge in [-0.05, 0) is 44.0 Å². The molecule has 0 aliphatic carbocycles. The predicted molar refractivity (Wildman–Crippen MR) is 120 cm³/mol. The lowest BCUT2D eigenvalue weighted by molar-refractivity contribution is -0.119. The second-order valence-electron chi connectivity index (χ2n) is 7.91. The summed E-state index contributed by atoms with van der Waals surface area (Å²) in [7, 11) is 0. The molecule has 1 unspecified atom stereocenters. The number of anilines is 2. The fourth-order valence-corrected chi connectivity index (χ4v) is 3.96. The van der Waals surface area contributed by atoms with Crippen LogP contribution in [0.5, 0.6) is 0 Å². The van der Waals surface area contributed by atoms with Crippen LogP contribution in [0, 0.1) is 18.3 Å². The monoisotopic (exact) mass is 415 g/mol. The molecule has 2 aromatic heterocycles. The quantitative estimate of drug-likeness (QED) is 0.659. The second kappa shape index (κ2) is 8.56. The van der Waals surface area contributed by atoms with E-state index < -0.39 is 0 Å². The zero-order valence-electron chi connectivity index (χ0n) is 17.9. The third kappa shape index (κ3) is 4.56. The number of aromatic nitrogens is 3. The molecule has 2 atom stereocenters. The van der Waals surface area contributed by atoms with Gasteiger partial charge in [0, 0.05) is 31.4 Å². The zero-order valence-corrected chi connectivity index (χ0v) is 17.9. The van der Waals surface area contributed by atoms with E-state index in [-0.39, 0.29) is 18.0 Å². The molecular formula is C23H25N7O. The first kappa shape index (κ1) is 20.5. The van der Waals surface area contributed by atoms with Crippen LogP contribution in [0.2, 0.25) is 0 Å². The lowest BCUT2D eigenvalue weighted by atomic mass is 10.1. The summed E-state index contributed by atoms with van der Waals surface area (Å²) >= 11 is 0. The summed E-state index contributed by atoms with van der Waals surface area (Å²) in [6.07, 6.45) is 2.66. The zero-order chi connectivity index (χ0) is 22.0. The molecule has 2 N–H and O–H groups in total. The summed E-state index contributed by atoms with van der Waals surface area (Å²) < 4.78 is 0. The number of carbonyl (C=O) groups is 1. The van der Waals surface area contributed by atoms with Crippen LogP contribution in [0.1, 0.15) is 43.3 Å². The number of nitrogens with zero attached hydrogens (tertiary/aromatic N) is 5. The van der Waals surface area contributed by atoms with Crippen LogP contribution in [-0.4, -0.2) is 40.0 Å². The van der Waals surface area contributed by atoms with Crippen LogP contribution in [0.3, 0.4) is 0 Å². The molecule has 1 aromatic carbocycles. The van der Waals surface area contributed by atoms with Crippen molar-refractivity contribution in [3.63, 3.8) is 0 Å². The molecule has 0 bridgehead atoms. The number of nitrogens with one attached hydrogen (secondary N) is 2. The molecule has 0 spiro atoms.